The van der Waals surface area contributed by atoms with Crippen molar-refractivity contribution in [2.45, 2.75) is 0 Å². The van der Waals surface area contributed by atoms with Crippen molar-refractivity contribution in [1.29, 1.82) is 0 Å². The van der Waals surface area contributed by atoms with Crippen LogP contribution in [-0.4, -0.2) is 35.3 Å². The molecule has 4 aromatic rings. The number of pyridine rings is 2. The number of carboxylic acids is 1. The van der Waals surface area contributed by atoms with E-state index in [1.165, 1.54) is 11.3 Å². The van der Waals surface area contributed by atoms with Gasteiger partial charge in [-0.15, -0.1) is 11.3 Å². The van der Waals surface area contributed by atoms with Crippen LogP contribution in [-0.2, 0) is 4.79 Å². The van der Waals surface area contributed by atoms with E-state index in [0.29, 0.717) is 33.4 Å². The summed E-state index contributed by atoms with van der Waals surface area (Å²) in [6.07, 6.45) is 7.96. The van der Waals surface area contributed by atoms with Crippen molar-refractivity contribution in [3.63, 3.8) is 0 Å². The van der Waals surface area contributed by atoms with Crippen LogP contribution in [0.3, 0.4) is 0 Å². The van der Waals surface area contributed by atoms with E-state index in [0.717, 1.165) is 10.1 Å². The lowest BCUT2D eigenvalue weighted by Gasteiger charge is -2.09. The summed E-state index contributed by atoms with van der Waals surface area (Å²) in [6, 6.07) is 10.5. The first-order valence-electron chi connectivity index (χ1n) is 9.22. The fourth-order valence-electron chi connectivity index (χ4n) is 3.08. The van der Waals surface area contributed by atoms with Gasteiger partial charge in [0.05, 0.1) is 30.9 Å². The molecule has 0 amide bonds. The number of fused-ring (bicyclic) bond motifs is 1. The molecule has 0 aliphatic carbocycles. The Morgan fingerprint density at radius 1 is 1.03 bits per heavy atom. The molecule has 3 heterocycles. The molecule has 0 radical (unpaired) electrons. The first-order valence-corrected chi connectivity index (χ1v) is 10.0. The van der Waals surface area contributed by atoms with Crippen molar-refractivity contribution in [2.75, 3.05) is 14.2 Å². The Hall–Kier alpha value is -3.91. The third kappa shape index (κ3) is 4.19. The number of aliphatic carboxylic acids is 1. The van der Waals surface area contributed by atoms with Crippen molar-refractivity contribution in [3.05, 3.63) is 71.6 Å². The molecule has 0 aliphatic rings. The number of aromatic nitrogens is 2. The van der Waals surface area contributed by atoms with Gasteiger partial charge < -0.3 is 19.3 Å². The van der Waals surface area contributed by atoms with E-state index in [1.807, 2.05) is 12.1 Å². The highest BCUT2D eigenvalue weighted by Gasteiger charge is 2.20. The van der Waals surface area contributed by atoms with Gasteiger partial charge in [-0.3, -0.25) is 9.97 Å². The number of thiophene rings is 1. The number of hydrogen-bond donors (Lipinski definition) is 1. The quantitative estimate of drug-likeness (QED) is 0.403. The fraction of sp³-hybridized carbons (Fsp3) is 0.0870. The Bertz CT molecular complexity index is 1250. The molecule has 1 N–H and O–H groups in total. The number of benzene rings is 1. The molecule has 1 aromatic carbocycles. The van der Waals surface area contributed by atoms with Crippen LogP contribution in [0.2, 0.25) is 0 Å². The zero-order valence-corrected chi connectivity index (χ0v) is 17.6. The average molecular weight is 434 g/mol. The summed E-state index contributed by atoms with van der Waals surface area (Å²) in [5.74, 6) is 1.12. The van der Waals surface area contributed by atoms with Gasteiger partial charge in [-0.1, -0.05) is 0 Å². The minimum Gasteiger partial charge on any atom is -0.493 e. The third-order valence-corrected chi connectivity index (χ3v) is 5.61. The molecule has 0 bridgehead atoms. The molecule has 4 rings (SSSR count). The van der Waals surface area contributed by atoms with Gasteiger partial charge in [-0.2, -0.15) is 0 Å². The Balaban J connectivity index is 1.94. The Labute approximate surface area is 182 Å². The molecule has 0 saturated carbocycles. The smallest absolute Gasteiger partial charge is 0.336 e. The molecule has 0 aliphatic heterocycles. The summed E-state index contributed by atoms with van der Waals surface area (Å²) >= 11 is 1.40. The largest absolute Gasteiger partial charge is 0.493 e. The van der Waals surface area contributed by atoms with Crippen LogP contribution in [0.15, 0.2) is 61.2 Å². The second kappa shape index (κ2) is 8.85. The summed E-state index contributed by atoms with van der Waals surface area (Å²) in [5, 5.41) is 10.6. The van der Waals surface area contributed by atoms with Gasteiger partial charge in [0.15, 0.2) is 17.2 Å². The first kappa shape index (κ1) is 20.4. The van der Waals surface area contributed by atoms with Gasteiger partial charge >= 0.3 is 5.97 Å². The average Bonchev–Trinajstić information content (AvgIpc) is 3.13. The monoisotopic (exact) mass is 434 g/mol. The molecule has 0 fully saturated rings. The maximum atomic E-state index is 12.0. The molecule has 8 heteroatoms. The normalized spacial score (nSPS) is 11.4. The van der Waals surface area contributed by atoms with Gasteiger partial charge in [0.2, 0.25) is 0 Å². The standard InChI is InChI=1S/C23H18N2O5S/c1-28-18-10-17-20(12-19(18)29-2)31-21(22(17)30-15-4-3-7-25-13-15)11-16(23(26)27)14-5-8-24-9-6-14/h3-13H,1-2H3,(H,26,27)/b16-11+. The van der Waals surface area contributed by atoms with E-state index in [-0.39, 0.29) is 5.57 Å². The van der Waals surface area contributed by atoms with Gasteiger partial charge in [0, 0.05) is 34.7 Å². The Morgan fingerprint density at radius 2 is 1.77 bits per heavy atom. The van der Waals surface area contributed by atoms with Crippen LogP contribution in [0.25, 0.3) is 21.7 Å². The second-order valence-corrected chi connectivity index (χ2v) is 7.47. The SMILES string of the molecule is COc1cc2sc(/C=C(/C(=O)O)c3ccncc3)c(Oc3cccnc3)c2cc1OC. The van der Waals surface area contributed by atoms with Gasteiger partial charge in [-0.25, -0.2) is 4.79 Å². The van der Waals surface area contributed by atoms with Gasteiger partial charge in [-0.05, 0) is 42.0 Å². The Kier molecular flexibility index (Phi) is 5.81. The molecule has 7 nitrogen and oxygen atoms in total. The van der Waals surface area contributed by atoms with Crippen LogP contribution >= 0.6 is 11.3 Å². The molecule has 156 valence electrons. The molecular formula is C23H18N2O5S. The lowest BCUT2D eigenvalue weighted by molar-refractivity contribution is -0.130. The van der Waals surface area contributed by atoms with Crippen molar-refractivity contribution in [3.8, 4) is 23.0 Å². The second-order valence-electron chi connectivity index (χ2n) is 6.39. The summed E-state index contributed by atoms with van der Waals surface area (Å²) < 4.78 is 17.9. The van der Waals surface area contributed by atoms with Crippen LogP contribution in [0, 0.1) is 0 Å². The van der Waals surface area contributed by atoms with Gasteiger partial charge in [0.1, 0.15) is 5.75 Å². The summed E-state index contributed by atoms with van der Waals surface area (Å²) in [4.78, 5) is 20.7. The first-order chi connectivity index (χ1) is 15.1. The zero-order valence-electron chi connectivity index (χ0n) is 16.7. The summed E-state index contributed by atoms with van der Waals surface area (Å²) in [6.45, 7) is 0. The zero-order chi connectivity index (χ0) is 21.8. The number of ether oxygens (including phenoxy) is 3. The predicted molar refractivity (Wildman–Crippen MR) is 119 cm³/mol. The third-order valence-electron chi connectivity index (χ3n) is 4.53. The molecule has 0 unspecified atom stereocenters. The van der Waals surface area contributed by atoms with Crippen LogP contribution in [0.4, 0.5) is 0 Å². The Morgan fingerprint density at radius 3 is 2.42 bits per heavy atom. The molecule has 3 aromatic heterocycles. The molecule has 0 saturated heterocycles. The van der Waals surface area contributed by atoms with E-state index >= 15 is 0 Å². The molecule has 0 atom stereocenters. The topological polar surface area (TPSA) is 90.8 Å². The minimum absolute atomic E-state index is 0.129. The number of methoxy groups -OCH3 is 2. The lowest BCUT2D eigenvalue weighted by Crippen LogP contribution is -1.99. The number of nitrogens with zero attached hydrogens (tertiary/aromatic N) is 2. The highest BCUT2D eigenvalue weighted by Crippen LogP contribution is 2.46. The van der Waals surface area contributed by atoms with E-state index in [2.05, 4.69) is 9.97 Å². The van der Waals surface area contributed by atoms with Crippen LogP contribution in [0.1, 0.15) is 10.4 Å². The van der Waals surface area contributed by atoms with Crippen LogP contribution < -0.4 is 14.2 Å². The number of rotatable bonds is 7. The van der Waals surface area contributed by atoms with Crippen molar-refractivity contribution >= 4 is 39.0 Å². The number of carboxylic acid groups (broad SMARTS) is 1. The van der Waals surface area contributed by atoms with E-state index in [4.69, 9.17) is 14.2 Å². The molecular weight excluding hydrogens is 416 g/mol. The molecule has 31 heavy (non-hydrogen) atoms. The lowest BCUT2D eigenvalue weighted by atomic mass is 10.1. The summed E-state index contributed by atoms with van der Waals surface area (Å²) in [7, 11) is 3.13. The van der Waals surface area contributed by atoms with E-state index < -0.39 is 5.97 Å². The number of carbonyl (C=O) groups is 1. The fourth-order valence-corrected chi connectivity index (χ4v) is 4.16. The number of hydrogen-bond acceptors (Lipinski definition) is 7. The van der Waals surface area contributed by atoms with Gasteiger partial charge in [0.25, 0.3) is 0 Å². The van der Waals surface area contributed by atoms with Crippen molar-refractivity contribution in [1.82, 2.24) is 9.97 Å². The van der Waals surface area contributed by atoms with Crippen LogP contribution in [0.5, 0.6) is 23.0 Å². The maximum absolute atomic E-state index is 12.0. The van der Waals surface area contributed by atoms with E-state index in [9.17, 15) is 9.90 Å². The predicted octanol–water partition coefficient (Wildman–Crippen LogP) is 5.13. The van der Waals surface area contributed by atoms with Crippen molar-refractivity contribution in [2.24, 2.45) is 0 Å². The summed E-state index contributed by atoms with van der Waals surface area (Å²) in [5.41, 5.74) is 0.673. The maximum Gasteiger partial charge on any atom is 0.336 e. The van der Waals surface area contributed by atoms with Crippen molar-refractivity contribution < 1.29 is 24.1 Å². The highest BCUT2D eigenvalue weighted by atomic mass is 32.1. The molecule has 0 spiro atoms. The minimum atomic E-state index is -1.05. The van der Waals surface area contributed by atoms with E-state index in [1.54, 1.807) is 69.3 Å². The highest BCUT2D eigenvalue weighted by molar-refractivity contribution is 7.20.